The summed E-state index contributed by atoms with van der Waals surface area (Å²) < 4.78 is 11.2. The van der Waals surface area contributed by atoms with Crippen LogP contribution in [0, 0.1) is 0 Å². The Balaban J connectivity index is 1.44. The topological polar surface area (TPSA) is 68.5 Å². The number of aromatic nitrogens is 2. The minimum Gasteiger partial charge on any atom is -0.492 e. The number of nitrogens with zero attached hydrogens (tertiary/aromatic N) is 3. The first-order valence-corrected chi connectivity index (χ1v) is 10.1. The summed E-state index contributed by atoms with van der Waals surface area (Å²) in [4.78, 5) is 13.8. The Hall–Kier alpha value is -2.22. The Bertz CT molecular complexity index is 934. The number of likely N-dealkylation sites (N-methyl/N-ethyl adjacent to an activating group) is 1. The van der Waals surface area contributed by atoms with Crippen molar-refractivity contribution in [1.82, 2.24) is 15.1 Å². The number of thioether (sulfide) groups is 1. The van der Waals surface area contributed by atoms with Crippen LogP contribution in [-0.2, 0) is 4.79 Å². The van der Waals surface area contributed by atoms with Gasteiger partial charge in [0.15, 0.2) is 0 Å². The number of hydrogen-bond acceptors (Lipinski definition) is 6. The van der Waals surface area contributed by atoms with Crippen molar-refractivity contribution in [3.05, 3.63) is 58.6 Å². The third-order valence-corrected chi connectivity index (χ3v) is 5.02. The average Bonchev–Trinajstić information content (AvgIpc) is 3.15. The summed E-state index contributed by atoms with van der Waals surface area (Å²) in [6, 6.07) is 14.2. The number of halogens is 2. The fourth-order valence-electron chi connectivity index (χ4n) is 2.19. The normalized spacial score (nSPS) is 10.7. The molecule has 146 valence electrons. The van der Waals surface area contributed by atoms with Crippen LogP contribution in [0.4, 0.5) is 0 Å². The van der Waals surface area contributed by atoms with Crippen molar-refractivity contribution in [3.8, 4) is 17.2 Å². The summed E-state index contributed by atoms with van der Waals surface area (Å²) >= 11 is 13.0. The second-order valence-electron chi connectivity index (χ2n) is 5.79. The molecule has 3 rings (SSSR count). The van der Waals surface area contributed by atoms with E-state index in [4.69, 9.17) is 32.4 Å². The van der Waals surface area contributed by atoms with Gasteiger partial charge in [-0.25, -0.2) is 0 Å². The van der Waals surface area contributed by atoms with Gasteiger partial charge in [-0.15, -0.1) is 10.2 Å². The van der Waals surface area contributed by atoms with E-state index in [-0.39, 0.29) is 11.7 Å². The molecule has 28 heavy (non-hydrogen) atoms. The number of carbonyl (C=O) groups excluding carboxylic acids is 1. The molecule has 0 atom stereocenters. The van der Waals surface area contributed by atoms with Crippen LogP contribution in [0.25, 0.3) is 11.5 Å². The van der Waals surface area contributed by atoms with Crippen LogP contribution < -0.4 is 4.74 Å². The third-order valence-electron chi connectivity index (χ3n) is 3.73. The molecular formula is C19H17Cl2N3O3S. The molecule has 0 saturated carbocycles. The van der Waals surface area contributed by atoms with Gasteiger partial charge >= 0.3 is 0 Å². The predicted molar refractivity (Wildman–Crippen MR) is 110 cm³/mol. The SMILES string of the molecule is CN(CCOc1cccc(Cl)c1)C(=O)CSc1nnc(-c2ccc(Cl)cc2)o1. The van der Waals surface area contributed by atoms with E-state index >= 15 is 0 Å². The van der Waals surface area contributed by atoms with Crippen molar-refractivity contribution < 1.29 is 13.9 Å². The van der Waals surface area contributed by atoms with Gasteiger partial charge in [-0.05, 0) is 42.5 Å². The fourth-order valence-corrected chi connectivity index (χ4v) is 3.20. The molecule has 0 aliphatic carbocycles. The van der Waals surface area contributed by atoms with E-state index in [1.54, 1.807) is 48.3 Å². The van der Waals surface area contributed by atoms with Gasteiger partial charge in [-0.1, -0.05) is 41.0 Å². The van der Waals surface area contributed by atoms with E-state index in [1.807, 2.05) is 12.1 Å². The Morgan fingerprint density at radius 3 is 2.68 bits per heavy atom. The highest BCUT2D eigenvalue weighted by molar-refractivity contribution is 7.99. The summed E-state index contributed by atoms with van der Waals surface area (Å²) in [6.07, 6.45) is 0. The van der Waals surface area contributed by atoms with Crippen LogP contribution in [0.1, 0.15) is 0 Å². The molecule has 0 saturated heterocycles. The average molecular weight is 438 g/mol. The smallest absolute Gasteiger partial charge is 0.277 e. The molecule has 0 N–H and O–H groups in total. The quantitative estimate of drug-likeness (QED) is 0.476. The highest BCUT2D eigenvalue weighted by Gasteiger charge is 2.14. The third kappa shape index (κ3) is 5.89. The van der Waals surface area contributed by atoms with Crippen LogP contribution in [0.15, 0.2) is 58.2 Å². The van der Waals surface area contributed by atoms with E-state index in [0.717, 1.165) is 5.56 Å². The molecule has 9 heteroatoms. The molecule has 0 fully saturated rings. The number of amides is 1. The van der Waals surface area contributed by atoms with Gasteiger partial charge in [0.05, 0.1) is 12.3 Å². The first kappa shape index (κ1) is 20.5. The van der Waals surface area contributed by atoms with E-state index in [0.29, 0.717) is 40.1 Å². The Kier molecular flexibility index (Phi) is 7.19. The molecule has 0 aliphatic heterocycles. The first-order chi connectivity index (χ1) is 13.5. The monoisotopic (exact) mass is 437 g/mol. The van der Waals surface area contributed by atoms with Gasteiger partial charge in [-0.2, -0.15) is 0 Å². The highest BCUT2D eigenvalue weighted by Crippen LogP contribution is 2.24. The van der Waals surface area contributed by atoms with Gasteiger partial charge in [0, 0.05) is 22.7 Å². The van der Waals surface area contributed by atoms with Crippen LogP contribution in [0.3, 0.4) is 0 Å². The largest absolute Gasteiger partial charge is 0.492 e. The molecule has 0 radical (unpaired) electrons. The minimum atomic E-state index is -0.0639. The predicted octanol–water partition coefficient (Wildman–Crippen LogP) is 4.67. The zero-order valence-corrected chi connectivity index (χ0v) is 17.3. The standard InChI is InChI=1S/C19H17Cl2N3O3S/c1-24(9-10-26-16-4-2-3-15(21)11-16)17(25)12-28-19-23-22-18(27-19)13-5-7-14(20)8-6-13/h2-8,11H,9-10,12H2,1H3. The van der Waals surface area contributed by atoms with Crippen LogP contribution in [-0.4, -0.2) is 47.0 Å². The van der Waals surface area contributed by atoms with E-state index in [1.165, 1.54) is 11.8 Å². The minimum absolute atomic E-state index is 0.0639. The maximum Gasteiger partial charge on any atom is 0.277 e. The maximum absolute atomic E-state index is 12.3. The number of carbonyl (C=O) groups is 1. The van der Waals surface area contributed by atoms with E-state index < -0.39 is 0 Å². The van der Waals surface area contributed by atoms with Gasteiger partial charge in [0.1, 0.15) is 12.4 Å². The summed E-state index contributed by atoms with van der Waals surface area (Å²) in [5.41, 5.74) is 0.769. The number of ether oxygens (including phenoxy) is 1. The lowest BCUT2D eigenvalue weighted by Gasteiger charge is -2.17. The zero-order chi connectivity index (χ0) is 19.9. The zero-order valence-electron chi connectivity index (χ0n) is 15.0. The molecule has 1 heterocycles. The molecule has 0 spiro atoms. The van der Waals surface area contributed by atoms with E-state index in [2.05, 4.69) is 10.2 Å². The lowest BCUT2D eigenvalue weighted by molar-refractivity contribution is -0.127. The van der Waals surface area contributed by atoms with Crippen molar-refractivity contribution in [2.24, 2.45) is 0 Å². The van der Waals surface area contributed by atoms with Crippen molar-refractivity contribution in [1.29, 1.82) is 0 Å². The fraction of sp³-hybridized carbons (Fsp3) is 0.211. The molecule has 0 bridgehead atoms. The van der Waals surface area contributed by atoms with Crippen molar-refractivity contribution in [3.63, 3.8) is 0 Å². The first-order valence-electron chi connectivity index (χ1n) is 8.36. The highest BCUT2D eigenvalue weighted by atomic mass is 35.5. The molecule has 6 nitrogen and oxygen atoms in total. The van der Waals surface area contributed by atoms with Crippen LogP contribution in [0.2, 0.25) is 10.0 Å². The summed E-state index contributed by atoms with van der Waals surface area (Å²) in [6.45, 7) is 0.820. The number of hydrogen-bond donors (Lipinski definition) is 0. The Morgan fingerprint density at radius 1 is 1.14 bits per heavy atom. The van der Waals surface area contributed by atoms with Crippen LogP contribution >= 0.6 is 35.0 Å². The number of rotatable bonds is 8. The van der Waals surface area contributed by atoms with Crippen molar-refractivity contribution in [2.75, 3.05) is 26.0 Å². The van der Waals surface area contributed by atoms with Gasteiger partial charge < -0.3 is 14.1 Å². The second-order valence-corrected chi connectivity index (χ2v) is 7.59. The maximum atomic E-state index is 12.3. The summed E-state index contributed by atoms with van der Waals surface area (Å²) in [5.74, 6) is 1.18. The van der Waals surface area contributed by atoms with E-state index in [9.17, 15) is 4.79 Å². The summed E-state index contributed by atoms with van der Waals surface area (Å²) in [5, 5.41) is 9.53. The molecule has 0 aliphatic rings. The molecule has 1 amide bonds. The van der Waals surface area contributed by atoms with Gasteiger partial charge in [-0.3, -0.25) is 4.79 Å². The van der Waals surface area contributed by atoms with Crippen molar-refractivity contribution in [2.45, 2.75) is 5.22 Å². The van der Waals surface area contributed by atoms with Gasteiger partial charge in [0.25, 0.3) is 5.22 Å². The Morgan fingerprint density at radius 2 is 1.93 bits per heavy atom. The lowest BCUT2D eigenvalue weighted by Crippen LogP contribution is -2.32. The number of benzene rings is 2. The van der Waals surface area contributed by atoms with Crippen LogP contribution in [0.5, 0.6) is 5.75 Å². The molecule has 0 unspecified atom stereocenters. The molecular weight excluding hydrogens is 421 g/mol. The van der Waals surface area contributed by atoms with Gasteiger partial charge in [0.2, 0.25) is 11.8 Å². The van der Waals surface area contributed by atoms with Crippen molar-refractivity contribution >= 4 is 40.9 Å². The molecule has 2 aromatic carbocycles. The molecule has 1 aromatic heterocycles. The summed E-state index contributed by atoms with van der Waals surface area (Å²) in [7, 11) is 1.72. The lowest BCUT2D eigenvalue weighted by atomic mass is 10.2. The second kappa shape index (κ2) is 9.82. The Labute approximate surface area is 176 Å². The molecule has 3 aromatic rings.